The lowest BCUT2D eigenvalue weighted by molar-refractivity contribution is -0.131. The van der Waals surface area contributed by atoms with E-state index in [0.717, 1.165) is 22.8 Å². The molecule has 0 saturated carbocycles. The molecule has 7 heteroatoms. The first-order chi connectivity index (χ1) is 13.5. The molecule has 1 amide bonds. The third-order valence-corrected chi connectivity index (χ3v) is 4.35. The molecule has 2 aromatic heterocycles. The van der Waals surface area contributed by atoms with Crippen molar-refractivity contribution in [3.8, 4) is 11.6 Å². The zero-order valence-corrected chi connectivity index (χ0v) is 16.1. The van der Waals surface area contributed by atoms with Crippen LogP contribution in [0, 0.1) is 13.8 Å². The molecule has 0 unspecified atom stereocenters. The number of rotatable bonds is 6. The molecular formula is C21H22N4O3. The Hall–Kier alpha value is -3.48. The SMILES string of the molecule is CC(=O)Oc1ccc(C(=O)NCCc2c(C)nn(-c3ccccn3)c2C)cc1. The molecule has 1 aromatic carbocycles. The summed E-state index contributed by atoms with van der Waals surface area (Å²) in [5.74, 6) is 0.611. The molecule has 0 aliphatic heterocycles. The summed E-state index contributed by atoms with van der Waals surface area (Å²) in [6.45, 7) is 5.78. The monoisotopic (exact) mass is 378 g/mol. The fourth-order valence-corrected chi connectivity index (χ4v) is 2.98. The van der Waals surface area contributed by atoms with Crippen molar-refractivity contribution in [3.63, 3.8) is 0 Å². The minimum Gasteiger partial charge on any atom is -0.427 e. The molecule has 0 bridgehead atoms. The highest BCUT2D eigenvalue weighted by molar-refractivity contribution is 5.94. The molecule has 2 heterocycles. The fourth-order valence-electron chi connectivity index (χ4n) is 2.98. The number of hydrogen-bond donors (Lipinski definition) is 1. The lowest BCUT2D eigenvalue weighted by atomic mass is 10.1. The number of carbonyl (C=O) groups excluding carboxylic acids is 2. The predicted molar refractivity (Wildman–Crippen MR) is 105 cm³/mol. The van der Waals surface area contributed by atoms with E-state index in [2.05, 4.69) is 15.4 Å². The quantitative estimate of drug-likeness (QED) is 0.527. The summed E-state index contributed by atoms with van der Waals surface area (Å²) in [6.07, 6.45) is 2.40. The van der Waals surface area contributed by atoms with Crippen LogP contribution < -0.4 is 10.1 Å². The van der Waals surface area contributed by atoms with Gasteiger partial charge in [0.2, 0.25) is 0 Å². The van der Waals surface area contributed by atoms with Crippen molar-refractivity contribution < 1.29 is 14.3 Å². The maximum Gasteiger partial charge on any atom is 0.308 e. The van der Waals surface area contributed by atoms with Crippen molar-refractivity contribution in [2.24, 2.45) is 0 Å². The summed E-state index contributed by atoms with van der Waals surface area (Å²) >= 11 is 0. The van der Waals surface area contributed by atoms with Gasteiger partial charge >= 0.3 is 5.97 Å². The van der Waals surface area contributed by atoms with Crippen molar-refractivity contribution in [1.82, 2.24) is 20.1 Å². The largest absolute Gasteiger partial charge is 0.427 e. The van der Waals surface area contributed by atoms with Crippen LogP contribution in [0.4, 0.5) is 0 Å². The van der Waals surface area contributed by atoms with E-state index in [0.29, 0.717) is 24.3 Å². The molecule has 0 radical (unpaired) electrons. The number of amides is 1. The minimum atomic E-state index is -0.394. The van der Waals surface area contributed by atoms with Crippen molar-refractivity contribution in [2.45, 2.75) is 27.2 Å². The second-order valence-electron chi connectivity index (χ2n) is 6.37. The Morgan fingerprint density at radius 1 is 1.11 bits per heavy atom. The van der Waals surface area contributed by atoms with Crippen molar-refractivity contribution in [3.05, 3.63) is 71.2 Å². The molecule has 0 spiro atoms. The number of carbonyl (C=O) groups is 2. The summed E-state index contributed by atoms with van der Waals surface area (Å²) in [6, 6.07) is 12.1. The second kappa shape index (κ2) is 8.47. The maximum absolute atomic E-state index is 12.3. The smallest absolute Gasteiger partial charge is 0.308 e. The van der Waals surface area contributed by atoms with Gasteiger partial charge in [0.05, 0.1) is 5.69 Å². The van der Waals surface area contributed by atoms with Crippen LogP contribution in [0.5, 0.6) is 5.75 Å². The molecule has 0 aliphatic carbocycles. The summed E-state index contributed by atoms with van der Waals surface area (Å²) in [7, 11) is 0. The Morgan fingerprint density at radius 3 is 2.50 bits per heavy atom. The van der Waals surface area contributed by atoms with Crippen LogP contribution in [-0.2, 0) is 11.2 Å². The van der Waals surface area contributed by atoms with E-state index >= 15 is 0 Å². The molecule has 144 valence electrons. The zero-order valence-electron chi connectivity index (χ0n) is 16.1. The Kier molecular flexibility index (Phi) is 5.84. The van der Waals surface area contributed by atoms with E-state index in [-0.39, 0.29) is 5.91 Å². The van der Waals surface area contributed by atoms with Gasteiger partial charge in [0, 0.05) is 30.9 Å². The van der Waals surface area contributed by atoms with Crippen molar-refractivity contribution in [1.29, 1.82) is 0 Å². The van der Waals surface area contributed by atoms with Crippen LogP contribution >= 0.6 is 0 Å². The molecule has 28 heavy (non-hydrogen) atoms. The van der Waals surface area contributed by atoms with Crippen molar-refractivity contribution >= 4 is 11.9 Å². The third-order valence-electron chi connectivity index (χ3n) is 4.35. The van der Waals surface area contributed by atoms with Gasteiger partial charge in [-0.1, -0.05) is 6.07 Å². The van der Waals surface area contributed by atoms with E-state index in [9.17, 15) is 9.59 Å². The Labute approximate surface area is 163 Å². The highest BCUT2D eigenvalue weighted by atomic mass is 16.5. The number of esters is 1. The van der Waals surface area contributed by atoms with E-state index in [1.807, 2.05) is 36.7 Å². The molecule has 0 atom stereocenters. The third kappa shape index (κ3) is 4.43. The molecule has 7 nitrogen and oxygen atoms in total. The summed E-state index contributed by atoms with van der Waals surface area (Å²) < 4.78 is 6.79. The van der Waals surface area contributed by atoms with E-state index in [4.69, 9.17) is 4.74 Å². The van der Waals surface area contributed by atoms with Crippen molar-refractivity contribution in [2.75, 3.05) is 6.54 Å². The summed E-state index contributed by atoms with van der Waals surface area (Å²) in [4.78, 5) is 27.6. The molecule has 3 rings (SSSR count). The number of nitrogens with zero attached hydrogens (tertiary/aromatic N) is 3. The predicted octanol–water partition coefficient (Wildman–Crippen LogP) is 2.78. The van der Waals surface area contributed by atoms with Gasteiger partial charge in [-0.15, -0.1) is 0 Å². The highest BCUT2D eigenvalue weighted by Crippen LogP contribution is 2.17. The number of benzene rings is 1. The first-order valence-corrected chi connectivity index (χ1v) is 8.99. The van der Waals surface area contributed by atoms with E-state index < -0.39 is 5.97 Å². The lowest BCUT2D eigenvalue weighted by Gasteiger charge is -2.07. The Balaban J connectivity index is 1.61. The first kappa shape index (κ1) is 19.3. The summed E-state index contributed by atoms with van der Waals surface area (Å²) in [5.41, 5.74) is 3.53. The molecule has 1 N–H and O–H groups in total. The van der Waals surface area contributed by atoms with Gasteiger partial charge in [-0.25, -0.2) is 9.67 Å². The zero-order chi connectivity index (χ0) is 20.1. The number of pyridine rings is 1. The lowest BCUT2D eigenvalue weighted by Crippen LogP contribution is -2.25. The molecule has 0 aliphatic rings. The molecule has 0 saturated heterocycles. The van der Waals surface area contributed by atoms with Crippen LogP contribution in [0.2, 0.25) is 0 Å². The van der Waals surface area contributed by atoms with Gasteiger partial charge in [0.15, 0.2) is 5.82 Å². The number of ether oxygens (including phenoxy) is 1. The van der Waals surface area contributed by atoms with Crippen LogP contribution in [-0.4, -0.2) is 33.2 Å². The molecule has 3 aromatic rings. The first-order valence-electron chi connectivity index (χ1n) is 8.99. The standard InChI is InChI=1S/C21H22N4O3/c1-14-19(15(2)25(24-14)20-6-4-5-12-22-20)11-13-23-21(27)17-7-9-18(10-8-17)28-16(3)26/h4-10,12H,11,13H2,1-3H3,(H,23,27). The topological polar surface area (TPSA) is 86.1 Å². The Morgan fingerprint density at radius 2 is 1.86 bits per heavy atom. The van der Waals surface area contributed by atoms with Crippen LogP contribution in [0.25, 0.3) is 5.82 Å². The number of aryl methyl sites for hydroxylation is 1. The van der Waals surface area contributed by atoms with E-state index in [1.54, 1.807) is 30.5 Å². The molecular weight excluding hydrogens is 356 g/mol. The average Bonchev–Trinajstić information content (AvgIpc) is 2.97. The van der Waals surface area contributed by atoms with Gasteiger partial charge in [0.1, 0.15) is 5.75 Å². The van der Waals surface area contributed by atoms with Gasteiger partial charge in [-0.05, 0) is 62.2 Å². The normalized spacial score (nSPS) is 10.5. The van der Waals surface area contributed by atoms with Crippen LogP contribution in [0.1, 0.15) is 34.2 Å². The second-order valence-corrected chi connectivity index (χ2v) is 6.37. The van der Waals surface area contributed by atoms with Gasteiger partial charge in [-0.3, -0.25) is 9.59 Å². The molecule has 0 fully saturated rings. The van der Waals surface area contributed by atoms with Crippen LogP contribution in [0.3, 0.4) is 0 Å². The van der Waals surface area contributed by atoms with Gasteiger partial charge in [0.25, 0.3) is 5.91 Å². The highest BCUT2D eigenvalue weighted by Gasteiger charge is 2.14. The van der Waals surface area contributed by atoms with E-state index in [1.165, 1.54) is 6.92 Å². The summed E-state index contributed by atoms with van der Waals surface area (Å²) in [5, 5.41) is 7.48. The van der Waals surface area contributed by atoms with Crippen LogP contribution in [0.15, 0.2) is 48.7 Å². The fraction of sp³-hybridized carbons (Fsp3) is 0.238. The number of hydrogen-bond acceptors (Lipinski definition) is 5. The number of nitrogens with one attached hydrogen (secondary N) is 1. The van der Waals surface area contributed by atoms with Gasteiger partial charge in [-0.2, -0.15) is 5.10 Å². The Bertz CT molecular complexity index is 979. The minimum absolute atomic E-state index is 0.179. The average molecular weight is 378 g/mol. The number of aromatic nitrogens is 3. The maximum atomic E-state index is 12.3. The van der Waals surface area contributed by atoms with Gasteiger partial charge < -0.3 is 10.1 Å².